The average Bonchev–Trinajstić information content (AvgIpc) is 2.63. The third-order valence-corrected chi connectivity index (χ3v) is 3.92. The molecule has 0 saturated heterocycles. The molecule has 0 aromatic heterocycles. The maximum Gasteiger partial charge on any atom is 0.0384 e. The zero-order valence-electron chi connectivity index (χ0n) is 12.7. The third kappa shape index (κ3) is 2.95. The fourth-order valence-corrected chi connectivity index (χ4v) is 2.71. The first kappa shape index (κ1) is 13.6. The van der Waals surface area contributed by atoms with Crippen LogP contribution in [0.5, 0.6) is 0 Å². The van der Waals surface area contributed by atoms with Crippen LogP contribution in [0.1, 0.15) is 0 Å². The highest BCUT2D eigenvalue weighted by Gasteiger charge is 2.01. The van der Waals surface area contributed by atoms with E-state index in [4.69, 9.17) is 0 Å². The van der Waals surface area contributed by atoms with Gasteiger partial charge in [0.15, 0.2) is 0 Å². The topological polar surface area (TPSA) is 12.0 Å². The highest BCUT2D eigenvalue weighted by Crippen LogP contribution is 2.26. The molecule has 109 valence electrons. The van der Waals surface area contributed by atoms with Gasteiger partial charge in [-0.3, -0.25) is 0 Å². The molecule has 1 radical (unpaired) electrons. The lowest BCUT2D eigenvalue weighted by Crippen LogP contribution is -1.89. The Balaban J connectivity index is 1.61. The van der Waals surface area contributed by atoms with Gasteiger partial charge in [0.1, 0.15) is 0 Å². The van der Waals surface area contributed by atoms with Crippen molar-refractivity contribution in [1.82, 2.24) is 0 Å². The lowest BCUT2D eigenvalue weighted by Gasteiger charge is -2.08. The summed E-state index contributed by atoms with van der Waals surface area (Å²) in [6, 6.07) is 34.8. The predicted octanol–water partition coefficient (Wildman–Crippen LogP) is 6.05. The van der Waals surface area contributed by atoms with Crippen LogP contribution < -0.4 is 5.32 Å². The molecule has 1 N–H and O–H groups in total. The van der Waals surface area contributed by atoms with Crippen molar-refractivity contribution in [2.45, 2.75) is 0 Å². The Bertz CT molecular complexity index is 925. The highest BCUT2D eigenvalue weighted by molar-refractivity contribution is 5.86. The number of anilines is 2. The van der Waals surface area contributed by atoms with Crippen molar-refractivity contribution in [3.8, 4) is 11.1 Å². The summed E-state index contributed by atoms with van der Waals surface area (Å²) >= 11 is 0. The first-order valence-electron chi connectivity index (χ1n) is 7.72. The maximum atomic E-state index is 3.49. The Labute approximate surface area is 136 Å². The molecule has 0 atom stereocenters. The number of nitrogens with one attached hydrogen (secondary N) is 1. The second kappa shape index (κ2) is 5.98. The van der Waals surface area contributed by atoms with Crippen molar-refractivity contribution in [3.05, 3.63) is 97.1 Å². The Kier molecular flexibility index (Phi) is 3.53. The largest absolute Gasteiger partial charge is 0.356 e. The van der Waals surface area contributed by atoms with Gasteiger partial charge in [-0.15, -0.1) is 0 Å². The molecule has 0 aliphatic carbocycles. The number of hydrogen-bond acceptors (Lipinski definition) is 1. The van der Waals surface area contributed by atoms with Gasteiger partial charge in [-0.05, 0) is 52.2 Å². The van der Waals surface area contributed by atoms with Crippen molar-refractivity contribution in [3.63, 3.8) is 0 Å². The minimum Gasteiger partial charge on any atom is -0.356 e. The fourth-order valence-electron chi connectivity index (χ4n) is 2.71. The molecule has 0 heterocycles. The van der Waals surface area contributed by atoms with Crippen LogP contribution in [0.3, 0.4) is 0 Å². The second-order valence-electron chi connectivity index (χ2n) is 5.53. The minimum atomic E-state index is 1.08. The van der Waals surface area contributed by atoms with Crippen LogP contribution in [0.4, 0.5) is 11.4 Å². The quantitative estimate of drug-likeness (QED) is 0.485. The van der Waals surface area contributed by atoms with E-state index in [-0.39, 0.29) is 0 Å². The van der Waals surface area contributed by atoms with Crippen molar-refractivity contribution >= 4 is 22.1 Å². The Morgan fingerprint density at radius 1 is 0.565 bits per heavy atom. The SMILES string of the molecule is [c]1c(-c2ccc(Nc3ccccc3)cc2)ccc2ccccc12. The van der Waals surface area contributed by atoms with Crippen LogP contribution in [-0.2, 0) is 0 Å². The lowest BCUT2D eigenvalue weighted by atomic mass is 10.0. The van der Waals surface area contributed by atoms with Gasteiger partial charge in [-0.1, -0.05) is 66.7 Å². The number of benzene rings is 4. The van der Waals surface area contributed by atoms with Gasteiger partial charge in [0, 0.05) is 11.4 Å². The van der Waals surface area contributed by atoms with Crippen LogP contribution in [0.15, 0.2) is 91.0 Å². The molecular formula is C22H16N. The maximum absolute atomic E-state index is 3.49. The van der Waals surface area contributed by atoms with Crippen molar-refractivity contribution in [2.75, 3.05) is 5.32 Å². The van der Waals surface area contributed by atoms with E-state index in [0.717, 1.165) is 22.3 Å². The molecule has 0 amide bonds. The van der Waals surface area contributed by atoms with Crippen LogP contribution in [0, 0.1) is 6.07 Å². The van der Waals surface area contributed by atoms with Crippen LogP contribution in [0.25, 0.3) is 21.9 Å². The standard InChI is InChI=1S/C22H16N/c1-2-8-21(9-3-1)23-22-14-12-18(13-15-22)20-11-10-17-6-4-5-7-19(17)16-20/h1-15,23H. The first-order valence-corrected chi connectivity index (χ1v) is 7.72. The monoisotopic (exact) mass is 294 g/mol. The smallest absolute Gasteiger partial charge is 0.0384 e. The van der Waals surface area contributed by atoms with Crippen LogP contribution >= 0.6 is 0 Å². The van der Waals surface area contributed by atoms with Crippen molar-refractivity contribution in [1.29, 1.82) is 0 Å². The van der Waals surface area contributed by atoms with Gasteiger partial charge < -0.3 is 5.32 Å². The summed E-state index contributed by atoms with van der Waals surface area (Å²) in [7, 11) is 0. The molecule has 4 aromatic rings. The molecular weight excluding hydrogens is 278 g/mol. The van der Waals surface area contributed by atoms with E-state index >= 15 is 0 Å². The molecule has 4 aromatic carbocycles. The summed E-state index contributed by atoms with van der Waals surface area (Å²) in [6.07, 6.45) is 0. The molecule has 23 heavy (non-hydrogen) atoms. The van der Waals surface area contributed by atoms with E-state index in [0.29, 0.717) is 0 Å². The predicted molar refractivity (Wildman–Crippen MR) is 97.9 cm³/mol. The molecule has 0 unspecified atom stereocenters. The Hall–Kier alpha value is -3.06. The number of fused-ring (bicyclic) bond motifs is 1. The second-order valence-corrected chi connectivity index (χ2v) is 5.53. The van der Waals surface area contributed by atoms with E-state index in [1.165, 1.54) is 10.9 Å². The van der Waals surface area contributed by atoms with E-state index in [1.807, 2.05) is 18.2 Å². The summed E-state index contributed by atoms with van der Waals surface area (Å²) in [5.41, 5.74) is 4.47. The van der Waals surface area contributed by atoms with Gasteiger partial charge in [0.2, 0.25) is 0 Å². The molecule has 0 aliphatic rings. The summed E-state index contributed by atoms with van der Waals surface area (Å²) in [5, 5.41) is 5.77. The van der Waals surface area contributed by atoms with Gasteiger partial charge >= 0.3 is 0 Å². The number of rotatable bonds is 3. The fraction of sp³-hybridized carbons (Fsp3) is 0. The van der Waals surface area contributed by atoms with Crippen molar-refractivity contribution < 1.29 is 0 Å². The van der Waals surface area contributed by atoms with Crippen LogP contribution in [0.2, 0.25) is 0 Å². The lowest BCUT2D eigenvalue weighted by molar-refractivity contribution is 1.54. The molecule has 0 spiro atoms. The number of hydrogen-bond donors (Lipinski definition) is 1. The molecule has 0 bridgehead atoms. The van der Waals surface area contributed by atoms with E-state index < -0.39 is 0 Å². The van der Waals surface area contributed by atoms with Gasteiger partial charge in [-0.2, -0.15) is 0 Å². The molecule has 1 nitrogen and oxygen atoms in total. The van der Waals surface area contributed by atoms with Crippen molar-refractivity contribution in [2.24, 2.45) is 0 Å². The van der Waals surface area contributed by atoms with E-state index in [2.05, 4.69) is 84.2 Å². The molecule has 0 saturated carbocycles. The molecule has 0 fully saturated rings. The summed E-state index contributed by atoms with van der Waals surface area (Å²) in [6.45, 7) is 0. The van der Waals surface area contributed by atoms with E-state index in [9.17, 15) is 0 Å². The minimum absolute atomic E-state index is 1.08. The van der Waals surface area contributed by atoms with Gasteiger partial charge in [-0.25, -0.2) is 0 Å². The zero-order chi connectivity index (χ0) is 15.5. The summed E-state index contributed by atoms with van der Waals surface area (Å²) in [4.78, 5) is 0. The first-order chi connectivity index (χ1) is 11.4. The Morgan fingerprint density at radius 2 is 1.26 bits per heavy atom. The molecule has 4 rings (SSSR count). The summed E-state index contributed by atoms with van der Waals surface area (Å²) in [5.74, 6) is 0. The Morgan fingerprint density at radius 3 is 2.09 bits per heavy atom. The van der Waals surface area contributed by atoms with Gasteiger partial charge in [0.25, 0.3) is 0 Å². The van der Waals surface area contributed by atoms with E-state index in [1.54, 1.807) is 0 Å². The van der Waals surface area contributed by atoms with Crippen LogP contribution in [-0.4, -0.2) is 0 Å². The highest BCUT2D eigenvalue weighted by atomic mass is 14.9. The zero-order valence-corrected chi connectivity index (χ0v) is 12.7. The average molecular weight is 294 g/mol. The third-order valence-electron chi connectivity index (χ3n) is 3.92. The van der Waals surface area contributed by atoms with Gasteiger partial charge in [0.05, 0.1) is 0 Å². The molecule has 1 heteroatoms. The summed E-state index contributed by atoms with van der Waals surface area (Å²) < 4.78 is 0. The molecule has 0 aliphatic heterocycles. The number of para-hydroxylation sites is 1. The normalized spacial score (nSPS) is 10.6.